The van der Waals surface area contributed by atoms with Crippen LogP contribution in [0, 0.1) is 10.1 Å². The molecule has 0 saturated carbocycles. The van der Waals surface area contributed by atoms with E-state index in [1.54, 1.807) is 6.07 Å². The maximum Gasteiger partial charge on any atom is 0.276 e. The Morgan fingerprint density at radius 3 is 2.50 bits per heavy atom. The lowest BCUT2D eigenvalue weighted by atomic mass is 10.1. The van der Waals surface area contributed by atoms with Gasteiger partial charge in [-0.3, -0.25) is 10.1 Å². The molecule has 0 amide bonds. The topological polar surface area (TPSA) is 71.3 Å². The van der Waals surface area contributed by atoms with E-state index >= 15 is 0 Å². The number of hydrogen-bond donors (Lipinski definition) is 1. The summed E-state index contributed by atoms with van der Waals surface area (Å²) in [5.74, 6) is 1.30. The second-order valence-corrected chi connectivity index (χ2v) is 5.11. The van der Waals surface area contributed by atoms with Crippen LogP contribution in [-0.4, -0.2) is 29.5 Å². The van der Waals surface area contributed by atoms with Gasteiger partial charge in [0.1, 0.15) is 11.6 Å². The van der Waals surface area contributed by atoms with Gasteiger partial charge in [0.15, 0.2) is 0 Å². The minimum absolute atomic E-state index is 0.105. The normalized spacial score (nSPS) is 16.4. The largest absolute Gasteiger partial charge is 0.370 e. The molecule has 6 nitrogen and oxygen atoms in total. The lowest BCUT2D eigenvalue weighted by Gasteiger charge is -2.26. The summed E-state index contributed by atoms with van der Waals surface area (Å²) < 4.78 is 0. The zero-order valence-corrected chi connectivity index (χ0v) is 12.0. The molecule has 6 heteroatoms. The van der Waals surface area contributed by atoms with E-state index in [2.05, 4.69) is 15.2 Å². The summed E-state index contributed by atoms with van der Waals surface area (Å²) in [6.07, 6.45) is 6.00. The van der Waals surface area contributed by atoms with Crippen molar-refractivity contribution in [2.75, 3.05) is 29.9 Å². The molecule has 0 unspecified atom stereocenters. The molecule has 0 aromatic carbocycles. The second-order valence-electron chi connectivity index (χ2n) is 5.11. The van der Waals surface area contributed by atoms with Crippen molar-refractivity contribution in [2.45, 2.75) is 39.0 Å². The van der Waals surface area contributed by atoms with Crippen molar-refractivity contribution in [3.8, 4) is 0 Å². The minimum Gasteiger partial charge on any atom is -0.370 e. The molecule has 0 atom stereocenters. The van der Waals surface area contributed by atoms with Crippen LogP contribution in [0.4, 0.5) is 17.3 Å². The van der Waals surface area contributed by atoms with Gasteiger partial charge in [-0.1, -0.05) is 19.3 Å². The van der Waals surface area contributed by atoms with E-state index in [1.165, 1.54) is 25.3 Å². The Balaban J connectivity index is 2.25. The highest BCUT2D eigenvalue weighted by molar-refractivity contribution is 5.55. The minimum atomic E-state index is -0.351. The summed E-state index contributed by atoms with van der Waals surface area (Å²) in [6, 6.07) is 3.08. The first-order valence-electron chi connectivity index (χ1n) is 7.36. The fraction of sp³-hybridized carbons (Fsp3) is 0.643. The van der Waals surface area contributed by atoms with Crippen molar-refractivity contribution < 1.29 is 4.92 Å². The zero-order chi connectivity index (χ0) is 14.4. The number of hydrogen-bond acceptors (Lipinski definition) is 5. The Labute approximate surface area is 119 Å². The standard InChI is InChI=1S/C14H22N4O2/c1-2-15-13-10-12(18(19)20)11-14(16-13)17-8-6-4-3-5-7-9-17/h10-11H,2-9H2,1H3,(H,15,16). The van der Waals surface area contributed by atoms with Gasteiger partial charge in [-0.15, -0.1) is 0 Å². The summed E-state index contributed by atoms with van der Waals surface area (Å²) in [6.45, 7) is 4.52. The Hall–Kier alpha value is -1.85. The van der Waals surface area contributed by atoms with Gasteiger partial charge in [0.25, 0.3) is 5.69 Å². The molecular weight excluding hydrogens is 256 g/mol. The molecular formula is C14H22N4O2. The van der Waals surface area contributed by atoms with Gasteiger partial charge in [-0.25, -0.2) is 4.98 Å². The van der Waals surface area contributed by atoms with E-state index in [0.29, 0.717) is 12.4 Å². The van der Waals surface area contributed by atoms with Crippen LogP contribution >= 0.6 is 0 Å². The number of anilines is 2. The Bertz CT molecular complexity index is 456. The molecule has 0 spiro atoms. The molecule has 1 fully saturated rings. The van der Waals surface area contributed by atoms with Gasteiger partial charge in [0.05, 0.1) is 17.1 Å². The SMILES string of the molecule is CCNc1cc([N+](=O)[O-])cc(N2CCCCCCC2)n1. The van der Waals surface area contributed by atoms with E-state index in [9.17, 15) is 10.1 Å². The predicted octanol–water partition coefficient (Wildman–Crippen LogP) is 3.19. The number of pyridine rings is 1. The van der Waals surface area contributed by atoms with E-state index in [0.717, 1.165) is 31.7 Å². The lowest BCUT2D eigenvalue weighted by molar-refractivity contribution is -0.384. The summed E-state index contributed by atoms with van der Waals surface area (Å²) in [4.78, 5) is 17.4. The summed E-state index contributed by atoms with van der Waals surface area (Å²) in [7, 11) is 0. The Morgan fingerprint density at radius 1 is 1.25 bits per heavy atom. The Kier molecular flexibility index (Phi) is 5.15. The van der Waals surface area contributed by atoms with Crippen LogP contribution in [-0.2, 0) is 0 Å². The molecule has 0 aliphatic carbocycles. The van der Waals surface area contributed by atoms with Gasteiger partial charge in [-0.05, 0) is 19.8 Å². The molecule has 1 aromatic rings. The molecule has 0 bridgehead atoms. The van der Waals surface area contributed by atoms with E-state index in [1.807, 2.05) is 6.92 Å². The number of nitro groups is 1. The molecule has 20 heavy (non-hydrogen) atoms. The van der Waals surface area contributed by atoms with E-state index in [4.69, 9.17) is 0 Å². The summed E-state index contributed by atoms with van der Waals surface area (Å²) in [5, 5.41) is 14.1. The number of nitrogens with one attached hydrogen (secondary N) is 1. The van der Waals surface area contributed by atoms with Crippen LogP contribution in [0.15, 0.2) is 12.1 Å². The van der Waals surface area contributed by atoms with Gasteiger partial charge in [-0.2, -0.15) is 0 Å². The van der Waals surface area contributed by atoms with Crippen LogP contribution in [0.5, 0.6) is 0 Å². The smallest absolute Gasteiger partial charge is 0.276 e. The average Bonchev–Trinajstić information content (AvgIpc) is 2.38. The first-order chi connectivity index (χ1) is 9.70. The maximum atomic E-state index is 11.0. The van der Waals surface area contributed by atoms with Gasteiger partial charge in [0, 0.05) is 19.6 Å². The molecule has 1 aromatic heterocycles. The lowest BCUT2D eigenvalue weighted by Crippen LogP contribution is -2.28. The number of rotatable bonds is 4. The monoisotopic (exact) mass is 278 g/mol. The zero-order valence-electron chi connectivity index (χ0n) is 12.0. The maximum absolute atomic E-state index is 11.0. The van der Waals surface area contributed by atoms with Crippen molar-refractivity contribution in [1.82, 2.24) is 4.98 Å². The van der Waals surface area contributed by atoms with Crippen molar-refractivity contribution in [3.05, 3.63) is 22.2 Å². The fourth-order valence-corrected chi connectivity index (χ4v) is 2.52. The molecule has 1 N–H and O–H groups in total. The van der Waals surface area contributed by atoms with Crippen molar-refractivity contribution in [1.29, 1.82) is 0 Å². The van der Waals surface area contributed by atoms with Crippen LogP contribution in [0.2, 0.25) is 0 Å². The van der Waals surface area contributed by atoms with Crippen LogP contribution in [0.3, 0.4) is 0 Å². The molecule has 2 heterocycles. The highest BCUT2D eigenvalue weighted by atomic mass is 16.6. The van der Waals surface area contributed by atoms with Gasteiger partial charge in [0.2, 0.25) is 0 Å². The molecule has 1 saturated heterocycles. The van der Waals surface area contributed by atoms with Crippen molar-refractivity contribution in [3.63, 3.8) is 0 Å². The predicted molar refractivity (Wildman–Crippen MR) is 80.4 cm³/mol. The van der Waals surface area contributed by atoms with E-state index < -0.39 is 0 Å². The quantitative estimate of drug-likeness (QED) is 0.676. The third kappa shape index (κ3) is 3.82. The third-order valence-corrected chi connectivity index (χ3v) is 3.55. The van der Waals surface area contributed by atoms with E-state index in [-0.39, 0.29) is 10.6 Å². The first-order valence-corrected chi connectivity index (χ1v) is 7.36. The number of aromatic nitrogens is 1. The van der Waals surface area contributed by atoms with Crippen LogP contribution in [0.1, 0.15) is 39.0 Å². The number of nitrogens with zero attached hydrogens (tertiary/aromatic N) is 3. The third-order valence-electron chi connectivity index (χ3n) is 3.55. The highest BCUT2D eigenvalue weighted by Gasteiger charge is 2.16. The van der Waals surface area contributed by atoms with Gasteiger partial charge >= 0.3 is 0 Å². The molecule has 110 valence electrons. The summed E-state index contributed by atoms with van der Waals surface area (Å²) >= 11 is 0. The molecule has 0 radical (unpaired) electrons. The highest BCUT2D eigenvalue weighted by Crippen LogP contribution is 2.25. The summed E-state index contributed by atoms with van der Waals surface area (Å²) in [5.41, 5.74) is 0.105. The van der Waals surface area contributed by atoms with Crippen LogP contribution < -0.4 is 10.2 Å². The molecule has 1 aliphatic heterocycles. The van der Waals surface area contributed by atoms with Crippen molar-refractivity contribution >= 4 is 17.3 Å². The molecule has 2 rings (SSSR count). The Morgan fingerprint density at radius 2 is 1.90 bits per heavy atom. The van der Waals surface area contributed by atoms with Crippen LogP contribution in [0.25, 0.3) is 0 Å². The first kappa shape index (κ1) is 14.6. The fourth-order valence-electron chi connectivity index (χ4n) is 2.52. The molecule has 1 aliphatic rings. The van der Waals surface area contributed by atoms with Gasteiger partial charge < -0.3 is 10.2 Å². The average molecular weight is 278 g/mol. The van der Waals surface area contributed by atoms with Crippen molar-refractivity contribution in [2.24, 2.45) is 0 Å². The second kappa shape index (κ2) is 7.07.